The molecule has 1 amide bonds. The van der Waals surface area contributed by atoms with Crippen molar-refractivity contribution in [3.63, 3.8) is 0 Å². The van der Waals surface area contributed by atoms with Gasteiger partial charge in [0.2, 0.25) is 0 Å². The first kappa shape index (κ1) is 18.4. The molecule has 0 saturated carbocycles. The predicted octanol–water partition coefficient (Wildman–Crippen LogP) is 4.44. The van der Waals surface area contributed by atoms with E-state index < -0.39 is 0 Å². The highest BCUT2D eigenvalue weighted by Crippen LogP contribution is 2.37. The number of aryl methyl sites for hydroxylation is 1. The Kier molecular flexibility index (Phi) is 5.54. The van der Waals surface area contributed by atoms with Crippen LogP contribution in [0.5, 0.6) is 0 Å². The molecule has 0 radical (unpaired) electrons. The molecule has 1 fully saturated rings. The van der Waals surface area contributed by atoms with E-state index in [2.05, 4.69) is 11.7 Å². The zero-order valence-electron chi connectivity index (χ0n) is 14.4. The quantitative estimate of drug-likeness (QED) is 0.444. The van der Waals surface area contributed by atoms with E-state index in [9.17, 15) is 9.59 Å². The number of carbonyl (C=O) groups excluding carboxylic acids is 2. The van der Waals surface area contributed by atoms with Crippen LogP contribution in [0.15, 0.2) is 53.4 Å². The molecule has 0 unspecified atom stereocenters. The van der Waals surface area contributed by atoms with Gasteiger partial charge in [-0.2, -0.15) is 0 Å². The zero-order valence-corrected chi connectivity index (χ0v) is 16.0. The van der Waals surface area contributed by atoms with Crippen molar-refractivity contribution in [2.24, 2.45) is 0 Å². The molecule has 2 aromatic carbocycles. The van der Waals surface area contributed by atoms with Gasteiger partial charge in [-0.25, -0.2) is 4.79 Å². The van der Waals surface area contributed by atoms with E-state index in [0.717, 1.165) is 23.2 Å². The van der Waals surface area contributed by atoms with E-state index in [1.807, 2.05) is 24.3 Å². The van der Waals surface area contributed by atoms with Crippen LogP contribution in [-0.2, 0) is 16.0 Å². The standard InChI is InChI=1S/C20H17NO3S2/c1-3-14-6-4-5-7-16(14)21-18(22)17(26-20(21)25)12-13-8-10-15(11-9-13)19(23)24-2/h4-12H,3H2,1-2H3. The van der Waals surface area contributed by atoms with Crippen LogP contribution < -0.4 is 4.90 Å². The molecule has 1 aliphatic rings. The maximum Gasteiger partial charge on any atom is 0.337 e. The third-order valence-corrected chi connectivity index (χ3v) is 5.34. The monoisotopic (exact) mass is 383 g/mol. The maximum absolute atomic E-state index is 12.9. The van der Waals surface area contributed by atoms with Crippen LogP contribution >= 0.6 is 24.0 Å². The highest BCUT2D eigenvalue weighted by atomic mass is 32.2. The first-order valence-corrected chi connectivity index (χ1v) is 9.32. The second-order valence-electron chi connectivity index (χ2n) is 5.61. The topological polar surface area (TPSA) is 46.6 Å². The number of nitrogens with zero attached hydrogens (tertiary/aromatic N) is 1. The number of hydrogen-bond acceptors (Lipinski definition) is 5. The Bertz CT molecular complexity index is 904. The summed E-state index contributed by atoms with van der Waals surface area (Å²) in [6, 6.07) is 14.7. The summed E-state index contributed by atoms with van der Waals surface area (Å²) < 4.78 is 5.21. The summed E-state index contributed by atoms with van der Waals surface area (Å²) in [6.07, 6.45) is 2.61. The van der Waals surface area contributed by atoms with Gasteiger partial charge < -0.3 is 4.74 Å². The molecule has 0 spiro atoms. The molecule has 1 saturated heterocycles. The molecule has 2 aromatic rings. The Balaban J connectivity index is 1.89. The number of esters is 1. The number of thiocarbonyl (C=S) groups is 1. The van der Waals surface area contributed by atoms with Crippen molar-refractivity contribution in [1.82, 2.24) is 0 Å². The van der Waals surface area contributed by atoms with Gasteiger partial charge in [0.15, 0.2) is 4.32 Å². The van der Waals surface area contributed by atoms with E-state index in [0.29, 0.717) is 14.8 Å². The zero-order chi connectivity index (χ0) is 18.7. The first-order valence-electron chi connectivity index (χ1n) is 8.09. The number of para-hydroxylation sites is 1. The number of benzene rings is 2. The molecule has 132 valence electrons. The van der Waals surface area contributed by atoms with Gasteiger partial charge in [-0.15, -0.1) is 0 Å². The van der Waals surface area contributed by atoms with Crippen molar-refractivity contribution in [3.05, 3.63) is 70.1 Å². The minimum absolute atomic E-state index is 0.127. The number of thioether (sulfide) groups is 1. The number of amides is 1. The Morgan fingerprint density at radius 1 is 1.19 bits per heavy atom. The molecular formula is C20H17NO3S2. The van der Waals surface area contributed by atoms with E-state index >= 15 is 0 Å². The lowest BCUT2D eigenvalue weighted by Crippen LogP contribution is -2.28. The summed E-state index contributed by atoms with van der Waals surface area (Å²) in [7, 11) is 1.34. The number of anilines is 1. The number of hydrogen-bond donors (Lipinski definition) is 0. The fraction of sp³-hybridized carbons (Fsp3) is 0.150. The van der Waals surface area contributed by atoms with E-state index in [4.69, 9.17) is 12.2 Å². The fourth-order valence-corrected chi connectivity index (χ4v) is 3.97. The lowest BCUT2D eigenvalue weighted by atomic mass is 10.1. The van der Waals surface area contributed by atoms with Gasteiger partial charge in [0.25, 0.3) is 5.91 Å². The number of carbonyl (C=O) groups is 2. The van der Waals surface area contributed by atoms with Gasteiger partial charge >= 0.3 is 5.97 Å². The van der Waals surface area contributed by atoms with E-state index in [-0.39, 0.29) is 11.9 Å². The Hall–Kier alpha value is -2.44. The van der Waals surface area contributed by atoms with Crippen LogP contribution in [0.25, 0.3) is 6.08 Å². The van der Waals surface area contributed by atoms with Crippen LogP contribution in [0.3, 0.4) is 0 Å². The van der Waals surface area contributed by atoms with Crippen LogP contribution in [0.4, 0.5) is 5.69 Å². The Morgan fingerprint density at radius 2 is 1.88 bits per heavy atom. The van der Waals surface area contributed by atoms with Crippen LogP contribution in [0.1, 0.15) is 28.4 Å². The molecule has 3 rings (SSSR count). The molecule has 1 heterocycles. The average Bonchev–Trinajstić information content (AvgIpc) is 2.94. The molecule has 0 bridgehead atoms. The molecule has 0 aliphatic carbocycles. The Morgan fingerprint density at radius 3 is 2.54 bits per heavy atom. The van der Waals surface area contributed by atoms with E-state index in [1.54, 1.807) is 35.2 Å². The van der Waals surface area contributed by atoms with Gasteiger partial charge in [0.05, 0.1) is 23.3 Å². The molecule has 1 aliphatic heterocycles. The predicted molar refractivity (Wildman–Crippen MR) is 109 cm³/mol. The number of ether oxygens (including phenoxy) is 1. The van der Waals surface area contributed by atoms with Gasteiger partial charge in [-0.3, -0.25) is 9.69 Å². The van der Waals surface area contributed by atoms with Crippen LogP contribution in [-0.4, -0.2) is 23.3 Å². The second kappa shape index (κ2) is 7.85. The minimum Gasteiger partial charge on any atom is -0.465 e. The molecule has 0 aromatic heterocycles. The highest BCUT2D eigenvalue weighted by molar-refractivity contribution is 8.27. The van der Waals surface area contributed by atoms with Crippen molar-refractivity contribution in [1.29, 1.82) is 0 Å². The largest absolute Gasteiger partial charge is 0.465 e. The molecule has 0 N–H and O–H groups in total. The van der Waals surface area contributed by atoms with Crippen LogP contribution in [0, 0.1) is 0 Å². The molecule has 26 heavy (non-hydrogen) atoms. The van der Waals surface area contributed by atoms with Crippen molar-refractivity contribution < 1.29 is 14.3 Å². The smallest absolute Gasteiger partial charge is 0.337 e. The van der Waals surface area contributed by atoms with Crippen molar-refractivity contribution >= 4 is 51.9 Å². The third-order valence-electron chi connectivity index (χ3n) is 4.04. The third kappa shape index (κ3) is 3.57. The van der Waals surface area contributed by atoms with Gasteiger partial charge in [0, 0.05) is 0 Å². The molecular weight excluding hydrogens is 366 g/mol. The van der Waals surface area contributed by atoms with E-state index in [1.165, 1.54) is 18.9 Å². The summed E-state index contributed by atoms with van der Waals surface area (Å²) >= 11 is 6.72. The normalized spacial score (nSPS) is 15.6. The van der Waals surface area contributed by atoms with Crippen molar-refractivity contribution in [2.75, 3.05) is 12.0 Å². The molecule has 4 nitrogen and oxygen atoms in total. The number of rotatable bonds is 4. The average molecular weight is 383 g/mol. The highest BCUT2D eigenvalue weighted by Gasteiger charge is 2.34. The first-order chi connectivity index (χ1) is 12.5. The van der Waals surface area contributed by atoms with Crippen LogP contribution in [0.2, 0.25) is 0 Å². The molecule has 6 heteroatoms. The number of methoxy groups -OCH3 is 1. The summed E-state index contributed by atoms with van der Waals surface area (Å²) in [5, 5.41) is 0. The van der Waals surface area contributed by atoms with Crippen molar-refractivity contribution in [2.45, 2.75) is 13.3 Å². The second-order valence-corrected chi connectivity index (χ2v) is 7.29. The summed E-state index contributed by atoms with van der Waals surface area (Å²) in [4.78, 5) is 26.5. The van der Waals surface area contributed by atoms with Crippen molar-refractivity contribution in [3.8, 4) is 0 Å². The fourth-order valence-electron chi connectivity index (χ4n) is 2.69. The van der Waals surface area contributed by atoms with Gasteiger partial charge in [-0.05, 0) is 41.8 Å². The summed E-state index contributed by atoms with van der Waals surface area (Å²) in [6.45, 7) is 2.05. The lowest BCUT2D eigenvalue weighted by Gasteiger charge is -2.18. The van der Waals surface area contributed by atoms with Gasteiger partial charge in [0.1, 0.15) is 0 Å². The minimum atomic E-state index is -0.390. The summed E-state index contributed by atoms with van der Waals surface area (Å²) in [5.41, 5.74) is 3.20. The lowest BCUT2D eigenvalue weighted by molar-refractivity contribution is -0.113. The summed E-state index contributed by atoms with van der Waals surface area (Å²) in [5.74, 6) is -0.517. The SMILES string of the molecule is CCc1ccccc1N1C(=O)C(=Cc2ccc(C(=O)OC)cc2)SC1=S. The Labute approximate surface area is 161 Å². The molecule has 0 atom stereocenters. The van der Waals surface area contributed by atoms with Gasteiger partial charge in [-0.1, -0.05) is 61.2 Å². The maximum atomic E-state index is 12.9.